The lowest BCUT2D eigenvalue weighted by molar-refractivity contribution is -0.144. The number of unbranched alkanes of at least 4 members (excludes halogenated alkanes) is 1. The average molecular weight is 1460 g/mol. The number of thioether (sulfide) groups is 1. The average Bonchev–Trinajstić information content (AvgIpc) is 1.62. The highest BCUT2D eigenvalue weighted by atomic mass is 32.2. The van der Waals surface area contributed by atoms with Crippen molar-refractivity contribution in [3.8, 4) is 5.75 Å². The SMILES string of the molecule is CC[C@H](C)[C@@H]1NC(=O)CNC(=O)[C@@H]2Cc3c([nH]c4c(CSCCCCNC(=O)CCOCCOCCOCCOCCN/C=C(\N)CN5C(=O)CC(C)C5=O)c(OC)ccc34)S(=O)C[C@H](NC(=O)CNC1=O)C(=O)N[C@@H](CC(N)=O)C(=O)N1C[C@H](O)C[C@H]1C(=O)N[C@@H]([C@@H](C)[C@@H](O)CO)C(=O)N2. The molecule has 4 aliphatic heterocycles. The number of carbonyl (C=O) groups excluding carboxylic acids is 12. The van der Waals surface area contributed by atoms with Gasteiger partial charge in [0.1, 0.15) is 47.0 Å². The molecule has 0 aliphatic carbocycles. The molecule has 2 bridgehead atoms. The van der Waals surface area contributed by atoms with Crippen LogP contribution in [0.1, 0.15) is 83.8 Å². The van der Waals surface area contributed by atoms with E-state index in [4.69, 9.17) is 35.2 Å². The first kappa shape index (κ1) is 81.9. The van der Waals surface area contributed by atoms with Crippen LogP contribution in [0.5, 0.6) is 5.75 Å². The molecule has 562 valence electrons. The Kier molecular flexibility index (Phi) is 33.4. The molecule has 101 heavy (non-hydrogen) atoms. The van der Waals surface area contributed by atoms with Crippen molar-refractivity contribution in [3.63, 3.8) is 0 Å². The number of nitrogens with one attached hydrogen (secondary N) is 10. The lowest BCUT2D eigenvalue weighted by Crippen LogP contribution is -2.62. The molecule has 2 unspecified atom stereocenters. The summed E-state index contributed by atoms with van der Waals surface area (Å²) in [5.41, 5.74) is 12.9. The minimum Gasteiger partial charge on any atom is -0.496 e. The number of aromatic nitrogens is 1. The molecule has 0 radical (unpaired) electrons. The predicted molar refractivity (Wildman–Crippen MR) is 364 cm³/mol. The number of hydrogen-bond acceptors (Lipinski definition) is 24. The molecular formula is C64H98N14O21S2. The molecule has 17 N–H and O–H groups in total. The Labute approximate surface area is 591 Å². The van der Waals surface area contributed by atoms with E-state index in [1.807, 2.05) is 0 Å². The number of hydrogen-bond donors (Lipinski definition) is 15. The Bertz CT molecular complexity index is 3310. The normalized spacial score (nSPS) is 24.1. The number of carbonyl (C=O) groups is 12. The van der Waals surface area contributed by atoms with Crippen LogP contribution in [0.3, 0.4) is 0 Å². The predicted octanol–water partition coefficient (Wildman–Crippen LogP) is -5.25. The number of nitrogens with zero attached hydrogens (tertiary/aromatic N) is 2. The number of primary amides is 1. The van der Waals surface area contributed by atoms with Crippen LogP contribution < -0.4 is 64.1 Å². The first-order chi connectivity index (χ1) is 48.3. The molecule has 12 atom stereocenters. The van der Waals surface area contributed by atoms with Gasteiger partial charge < -0.3 is 108 Å². The number of nitrogens with two attached hydrogens (primary N) is 2. The Morgan fingerprint density at radius 1 is 0.782 bits per heavy atom. The number of methoxy groups -OCH3 is 1. The van der Waals surface area contributed by atoms with Gasteiger partial charge in [-0.25, -0.2) is 0 Å². The highest BCUT2D eigenvalue weighted by Crippen LogP contribution is 2.36. The molecule has 1 aromatic carbocycles. The minimum atomic E-state index is -2.45. The minimum absolute atomic E-state index is 0.0399. The van der Waals surface area contributed by atoms with Crippen LogP contribution in [0.2, 0.25) is 0 Å². The third kappa shape index (κ3) is 24.6. The molecule has 1 aromatic heterocycles. The monoisotopic (exact) mass is 1460 g/mol. The fourth-order valence-electron chi connectivity index (χ4n) is 11.5. The number of likely N-dealkylation sites (tertiary alicyclic amines) is 1. The maximum Gasteiger partial charge on any atom is 0.246 e. The van der Waals surface area contributed by atoms with Crippen molar-refractivity contribution < 1.29 is 101 Å². The van der Waals surface area contributed by atoms with Crippen molar-refractivity contribution in [1.29, 1.82) is 0 Å². The number of H-pyrrole nitrogens is 1. The lowest BCUT2D eigenvalue weighted by atomic mass is 9.93. The molecule has 2 saturated heterocycles. The summed E-state index contributed by atoms with van der Waals surface area (Å²) < 4.78 is 43.3. The summed E-state index contributed by atoms with van der Waals surface area (Å²) in [6, 6.07) is -6.99. The third-order valence-electron chi connectivity index (χ3n) is 17.4. The summed E-state index contributed by atoms with van der Waals surface area (Å²) in [6.45, 7) is 6.74. The van der Waals surface area contributed by atoms with Crippen molar-refractivity contribution in [2.75, 3.05) is 117 Å². The number of benzene rings is 1. The second-order valence-corrected chi connectivity index (χ2v) is 27.5. The molecule has 4 aliphatic rings. The molecule has 6 rings (SSSR count). The second-order valence-electron chi connectivity index (χ2n) is 25.0. The van der Waals surface area contributed by atoms with E-state index in [9.17, 15) is 72.9 Å². The van der Waals surface area contributed by atoms with Crippen LogP contribution in [0.4, 0.5) is 0 Å². The lowest BCUT2D eigenvalue weighted by Gasteiger charge is -2.32. The fourth-order valence-corrected chi connectivity index (χ4v) is 13.9. The topological polar surface area (TPSA) is 511 Å². The van der Waals surface area contributed by atoms with E-state index in [0.717, 1.165) is 9.80 Å². The number of fused-ring (bicyclic) bond motifs is 5. The van der Waals surface area contributed by atoms with Crippen molar-refractivity contribution in [3.05, 3.63) is 35.2 Å². The molecule has 37 heteroatoms. The molecular weight excluding hydrogens is 1360 g/mol. The van der Waals surface area contributed by atoms with Crippen LogP contribution >= 0.6 is 11.8 Å². The first-order valence-corrected chi connectivity index (χ1v) is 36.1. The molecule has 0 saturated carbocycles. The number of amides is 12. The molecule has 5 heterocycles. The Morgan fingerprint density at radius 3 is 2.09 bits per heavy atom. The molecule has 35 nitrogen and oxygen atoms in total. The zero-order chi connectivity index (χ0) is 73.9. The van der Waals surface area contributed by atoms with Gasteiger partial charge in [0.05, 0.1) is 127 Å². The van der Waals surface area contributed by atoms with Gasteiger partial charge in [0.15, 0.2) is 0 Å². The quantitative estimate of drug-likeness (QED) is 0.0235. The summed E-state index contributed by atoms with van der Waals surface area (Å²) in [5, 5.41) is 55.6. The maximum absolute atomic E-state index is 15.3. The van der Waals surface area contributed by atoms with E-state index in [0.29, 0.717) is 106 Å². The van der Waals surface area contributed by atoms with Crippen LogP contribution in [0.15, 0.2) is 29.1 Å². The van der Waals surface area contributed by atoms with Crippen molar-refractivity contribution in [1.82, 2.24) is 62.6 Å². The summed E-state index contributed by atoms with van der Waals surface area (Å²) in [5.74, 6) is -11.8. The van der Waals surface area contributed by atoms with E-state index in [2.05, 4.69) is 52.8 Å². The third-order valence-corrected chi connectivity index (χ3v) is 19.9. The second kappa shape index (κ2) is 41.2. The molecule has 2 fully saturated rings. The van der Waals surface area contributed by atoms with Gasteiger partial charge in [-0.3, -0.25) is 66.6 Å². The van der Waals surface area contributed by atoms with Gasteiger partial charge in [0.2, 0.25) is 70.9 Å². The highest BCUT2D eigenvalue weighted by molar-refractivity contribution is 7.98. The van der Waals surface area contributed by atoms with Crippen molar-refractivity contribution >= 4 is 104 Å². The van der Waals surface area contributed by atoms with Gasteiger partial charge >= 0.3 is 0 Å². The molecule has 2 aromatic rings. The Hall–Kier alpha value is -8.04. The van der Waals surface area contributed by atoms with Gasteiger partial charge in [0.25, 0.3) is 0 Å². The van der Waals surface area contributed by atoms with Crippen molar-refractivity contribution in [2.24, 2.45) is 29.2 Å². The van der Waals surface area contributed by atoms with E-state index in [-0.39, 0.29) is 72.6 Å². The Morgan fingerprint density at radius 2 is 1.45 bits per heavy atom. The Balaban J connectivity index is 1.12. The van der Waals surface area contributed by atoms with Gasteiger partial charge in [-0.2, -0.15) is 11.8 Å². The number of rotatable bonds is 33. The van der Waals surface area contributed by atoms with Gasteiger partial charge in [0, 0.05) is 85.8 Å². The molecule has 12 amide bonds. The van der Waals surface area contributed by atoms with Gasteiger partial charge in [-0.05, 0) is 42.2 Å². The zero-order valence-electron chi connectivity index (χ0n) is 57.5. The molecule has 0 spiro atoms. The van der Waals surface area contributed by atoms with E-state index < -0.39 is 176 Å². The number of imide groups is 1. The largest absolute Gasteiger partial charge is 0.496 e. The summed E-state index contributed by atoms with van der Waals surface area (Å²) in [7, 11) is -1.02. The summed E-state index contributed by atoms with van der Waals surface area (Å²) in [6.07, 6.45) is -1.48. The number of ether oxygens (including phenoxy) is 5. The van der Waals surface area contributed by atoms with E-state index >= 15 is 4.21 Å². The first-order valence-electron chi connectivity index (χ1n) is 33.6. The zero-order valence-corrected chi connectivity index (χ0v) is 59.2. The summed E-state index contributed by atoms with van der Waals surface area (Å²) >= 11 is 1.49. The fraction of sp³-hybridized carbons (Fsp3) is 0.656. The van der Waals surface area contributed by atoms with Gasteiger partial charge in [-0.1, -0.05) is 34.1 Å². The summed E-state index contributed by atoms with van der Waals surface area (Å²) in [4.78, 5) is 169. The van der Waals surface area contributed by atoms with E-state index in [1.165, 1.54) is 25.8 Å². The number of aliphatic hydroxyl groups excluding tert-OH is 3. The standard InChI is InChI=1S/C64H98N14O21S2/c1-6-35(2)54-60(90)70-28-51(84)71-45-34-101(94)62-41(25-43(57(87)69-29-52(85)74-54)72-61(91)55(37(4)47(81)32-79)75-59(89)46-24-39(80)31-77(46)64(93)44(26-49(66)82)73-58(45)88)40-9-10-48(95-5)42(56(40)76-62)33-100-22-8-7-12-68-50(83)11-14-96-16-18-98-20-21-99-19-17-97-15-13-67-27-38(65)30-78-53(86)23-36(3)63(78)92/h9-10,27,35-37,39,43-47,54-55,67,76,79-81H,6-8,11-26,28-34,65H2,1-5H3,(H2,66,82)(H,68,83)(H,69,87)(H,70,90)(H,71,84)(H,72,91)(H,73,88)(H,74,85)(H,75,89)/b38-27-/t35-,36?,37-,39+,43-,44-,45-,46-,47-,54-,55-,101?/m0/s1. The maximum atomic E-state index is 15.3. The van der Waals surface area contributed by atoms with Crippen molar-refractivity contribution in [2.45, 2.75) is 138 Å². The van der Waals surface area contributed by atoms with Crippen LogP contribution in [-0.4, -0.2) is 271 Å². The van der Waals surface area contributed by atoms with E-state index in [1.54, 1.807) is 39.1 Å². The smallest absolute Gasteiger partial charge is 0.246 e. The van der Waals surface area contributed by atoms with Crippen LogP contribution in [-0.2, 0) is 99.5 Å². The number of aromatic amines is 1. The number of aliphatic hydroxyl groups is 3. The highest BCUT2D eigenvalue weighted by Gasteiger charge is 2.45. The van der Waals surface area contributed by atoms with Gasteiger partial charge in [-0.15, -0.1) is 0 Å². The van der Waals surface area contributed by atoms with Crippen LogP contribution in [0.25, 0.3) is 10.9 Å². The van der Waals surface area contributed by atoms with Crippen LogP contribution in [0, 0.1) is 17.8 Å².